The van der Waals surface area contributed by atoms with E-state index < -0.39 is 0 Å². The summed E-state index contributed by atoms with van der Waals surface area (Å²) in [6.07, 6.45) is 5.24. The summed E-state index contributed by atoms with van der Waals surface area (Å²) in [6.45, 7) is 4.96. The lowest BCUT2D eigenvalue weighted by Crippen LogP contribution is -2.43. The first-order valence-corrected chi connectivity index (χ1v) is 11.5. The van der Waals surface area contributed by atoms with Crippen LogP contribution in [-0.2, 0) is 4.79 Å². The van der Waals surface area contributed by atoms with Crippen LogP contribution in [0, 0.1) is 6.92 Å². The van der Waals surface area contributed by atoms with Gasteiger partial charge in [0.2, 0.25) is 5.91 Å². The van der Waals surface area contributed by atoms with E-state index in [0.717, 1.165) is 30.6 Å². The van der Waals surface area contributed by atoms with Crippen molar-refractivity contribution in [3.8, 4) is 5.69 Å². The number of aromatic nitrogens is 4. The number of aryl methyl sites for hydroxylation is 1. The Bertz CT molecular complexity index is 1180. The van der Waals surface area contributed by atoms with Crippen molar-refractivity contribution in [2.24, 2.45) is 0 Å². The van der Waals surface area contributed by atoms with E-state index in [4.69, 9.17) is 4.98 Å². The maximum Gasteiger partial charge on any atom is 0.265 e. The van der Waals surface area contributed by atoms with Gasteiger partial charge in [0.05, 0.1) is 17.9 Å². The van der Waals surface area contributed by atoms with Crippen LogP contribution < -0.4 is 5.56 Å². The molecule has 7 nitrogen and oxygen atoms in total. The minimum atomic E-state index is -0.154. The molecule has 0 bridgehead atoms. The summed E-state index contributed by atoms with van der Waals surface area (Å²) in [5, 5.41) is 5.60. The van der Waals surface area contributed by atoms with Gasteiger partial charge in [-0.25, -0.2) is 9.67 Å². The van der Waals surface area contributed by atoms with Gasteiger partial charge in [-0.05, 0) is 50.8 Å². The molecule has 0 spiro atoms. The Kier molecular flexibility index (Phi) is 4.89. The third kappa shape index (κ3) is 3.23. The van der Waals surface area contributed by atoms with E-state index in [2.05, 4.69) is 12.0 Å². The van der Waals surface area contributed by atoms with Crippen LogP contribution in [0.1, 0.15) is 44.2 Å². The number of hydrogen-bond donors (Lipinski definition) is 0. The summed E-state index contributed by atoms with van der Waals surface area (Å²) < 4.78 is 3.43. The predicted molar refractivity (Wildman–Crippen MR) is 117 cm³/mol. The number of likely N-dealkylation sites (tertiary alicyclic amines) is 1. The number of amides is 1. The van der Waals surface area contributed by atoms with Gasteiger partial charge < -0.3 is 4.90 Å². The molecule has 0 radical (unpaired) electrons. The molecule has 1 amide bonds. The second kappa shape index (κ2) is 7.58. The monoisotopic (exact) mass is 423 g/mol. The molecule has 156 valence electrons. The fourth-order valence-corrected chi connectivity index (χ4v) is 5.65. The van der Waals surface area contributed by atoms with Crippen molar-refractivity contribution < 1.29 is 4.79 Å². The molecule has 0 saturated carbocycles. The van der Waals surface area contributed by atoms with E-state index in [0.29, 0.717) is 28.4 Å². The first-order valence-electron chi connectivity index (χ1n) is 10.5. The number of benzene rings is 1. The number of thioether (sulfide) groups is 1. The van der Waals surface area contributed by atoms with Crippen molar-refractivity contribution in [1.82, 2.24) is 24.2 Å². The van der Waals surface area contributed by atoms with Crippen LogP contribution >= 0.6 is 11.8 Å². The lowest BCUT2D eigenvalue weighted by molar-refractivity contribution is -0.135. The number of hydrogen-bond acceptors (Lipinski definition) is 5. The van der Waals surface area contributed by atoms with E-state index in [9.17, 15) is 9.59 Å². The largest absolute Gasteiger partial charge is 0.340 e. The molecular weight excluding hydrogens is 398 g/mol. The molecule has 4 heterocycles. The van der Waals surface area contributed by atoms with Crippen LogP contribution in [0.5, 0.6) is 0 Å². The van der Waals surface area contributed by atoms with Gasteiger partial charge in [0.25, 0.3) is 5.56 Å². The highest BCUT2D eigenvalue weighted by atomic mass is 32.2. The van der Waals surface area contributed by atoms with Crippen LogP contribution in [0.2, 0.25) is 0 Å². The lowest BCUT2D eigenvalue weighted by Gasteiger charge is -2.34. The number of fused-ring (bicyclic) bond motifs is 2. The Morgan fingerprint density at radius 3 is 2.97 bits per heavy atom. The normalized spacial score (nSPS) is 21.2. The smallest absolute Gasteiger partial charge is 0.265 e. The molecule has 30 heavy (non-hydrogen) atoms. The maximum absolute atomic E-state index is 13.3. The molecular formula is C22H25N5O2S. The number of rotatable bonds is 3. The summed E-state index contributed by atoms with van der Waals surface area (Å²) >= 11 is 1.54. The minimum Gasteiger partial charge on any atom is -0.340 e. The number of carbonyl (C=O) groups is 1. The maximum atomic E-state index is 13.3. The topological polar surface area (TPSA) is 73.0 Å². The first-order chi connectivity index (χ1) is 14.5. The Morgan fingerprint density at radius 2 is 2.17 bits per heavy atom. The lowest BCUT2D eigenvalue weighted by atomic mass is 10.0. The zero-order valence-corrected chi connectivity index (χ0v) is 18.1. The zero-order valence-electron chi connectivity index (χ0n) is 17.2. The zero-order chi connectivity index (χ0) is 20.8. The summed E-state index contributed by atoms with van der Waals surface area (Å²) in [5.41, 5.74) is 2.47. The summed E-state index contributed by atoms with van der Waals surface area (Å²) in [4.78, 5) is 33.0. The number of piperidine rings is 1. The predicted octanol–water partition coefficient (Wildman–Crippen LogP) is 3.33. The van der Waals surface area contributed by atoms with Gasteiger partial charge in [0.1, 0.15) is 5.39 Å². The quantitative estimate of drug-likeness (QED) is 0.604. The molecule has 1 aromatic carbocycles. The van der Waals surface area contributed by atoms with E-state index in [1.54, 1.807) is 27.2 Å². The summed E-state index contributed by atoms with van der Waals surface area (Å²) in [5.74, 6) is 0.837. The number of carbonyl (C=O) groups excluding carboxylic acids is 1. The highest BCUT2D eigenvalue weighted by Gasteiger charge is 2.32. The molecule has 3 aromatic rings. The molecule has 2 aromatic heterocycles. The Morgan fingerprint density at radius 1 is 1.30 bits per heavy atom. The van der Waals surface area contributed by atoms with Crippen molar-refractivity contribution in [3.63, 3.8) is 0 Å². The molecule has 8 heteroatoms. The molecule has 0 aliphatic carbocycles. The third-order valence-corrected chi connectivity index (χ3v) is 7.25. The fourth-order valence-electron chi connectivity index (χ4n) is 4.52. The van der Waals surface area contributed by atoms with E-state index in [1.807, 2.05) is 36.1 Å². The first kappa shape index (κ1) is 19.4. The fraction of sp³-hybridized carbons (Fsp3) is 0.455. The molecule has 2 aliphatic rings. The molecule has 2 atom stereocenters. The average Bonchev–Trinajstić information content (AvgIpc) is 3.33. The molecule has 1 fully saturated rings. The van der Waals surface area contributed by atoms with Crippen LogP contribution in [-0.4, -0.2) is 48.5 Å². The highest BCUT2D eigenvalue weighted by molar-refractivity contribution is 7.99. The van der Waals surface area contributed by atoms with Crippen molar-refractivity contribution in [3.05, 3.63) is 46.4 Å². The number of nitrogens with zero attached hydrogens (tertiary/aromatic N) is 5. The summed E-state index contributed by atoms with van der Waals surface area (Å²) in [7, 11) is 0. The van der Waals surface area contributed by atoms with Crippen molar-refractivity contribution in [2.75, 3.05) is 12.3 Å². The Hall–Kier alpha value is -2.61. The Labute approximate surface area is 179 Å². The highest BCUT2D eigenvalue weighted by Crippen LogP contribution is 2.34. The van der Waals surface area contributed by atoms with Crippen LogP contribution in [0.3, 0.4) is 0 Å². The molecule has 5 rings (SSSR count). The van der Waals surface area contributed by atoms with Crippen LogP contribution in [0.15, 0.2) is 40.4 Å². The van der Waals surface area contributed by atoms with E-state index in [-0.39, 0.29) is 23.6 Å². The van der Waals surface area contributed by atoms with Gasteiger partial charge in [-0.15, -0.1) is 0 Å². The second-order valence-corrected chi connectivity index (χ2v) is 9.29. The van der Waals surface area contributed by atoms with Crippen LogP contribution in [0.4, 0.5) is 0 Å². The SMILES string of the molecule is Cc1cccc(-n2ncc3c(=O)n4c(nc32)SCC4CC(=O)N2CCCCC2C)c1. The van der Waals surface area contributed by atoms with Crippen molar-refractivity contribution in [2.45, 2.75) is 56.8 Å². The van der Waals surface area contributed by atoms with Gasteiger partial charge in [-0.2, -0.15) is 5.10 Å². The van der Waals surface area contributed by atoms with Gasteiger partial charge in [0, 0.05) is 24.8 Å². The summed E-state index contributed by atoms with van der Waals surface area (Å²) in [6, 6.07) is 8.10. The molecule has 1 saturated heterocycles. The molecule has 0 N–H and O–H groups in total. The molecule has 2 unspecified atom stereocenters. The van der Waals surface area contributed by atoms with Gasteiger partial charge >= 0.3 is 0 Å². The van der Waals surface area contributed by atoms with Crippen molar-refractivity contribution in [1.29, 1.82) is 0 Å². The van der Waals surface area contributed by atoms with Crippen LogP contribution in [0.25, 0.3) is 16.7 Å². The van der Waals surface area contributed by atoms with Gasteiger partial charge in [-0.1, -0.05) is 23.9 Å². The second-order valence-electron chi connectivity index (χ2n) is 8.30. The van der Waals surface area contributed by atoms with E-state index >= 15 is 0 Å². The molecule has 2 aliphatic heterocycles. The third-order valence-electron chi connectivity index (χ3n) is 6.15. The minimum absolute atomic E-state index is 0.108. The van der Waals surface area contributed by atoms with Crippen molar-refractivity contribution >= 4 is 28.7 Å². The average molecular weight is 424 g/mol. The standard InChI is InChI=1S/C22H25N5O2S/c1-14-6-5-8-16(10-14)27-20-18(12-23-27)21(29)26-17(13-30-22(26)24-20)11-19(28)25-9-4-3-7-15(25)2/h5-6,8,10,12,15,17H,3-4,7,9,11,13H2,1-2H3. The Balaban J connectivity index is 1.49. The van der Waals surface area contributed by atoms with E-state index in [1.165, 1.54) is 6.42 Å². The van der Waals surface area contributed by atoms with Gasteiger partial charge in [-0.3, -0.25) is 14.2 Å². The van der Waals surface area contributed by atoms with Gasteiger partial charge in [0.15, 0.2) is 10.8 Å².